The van der Waals surface area contributed by atoms with Crippen LogP contribution in [0.1, 0.15) is 77.2 Å². The molecule has 0 spiro atoms. The molecule has 8 nitrogen and oxygen atoms in total. The minimum Gasteiger partial charge on any atom is -0.481 e. The van der Waals surface area contributed by atoms with Crippen molar-refractivity contribution in [3.63, 3.8) is 0 Å². The van der Waals surface area contributed by atoms with E-state index in [2.05, 4.69) is 62.1 Å². The van der Waals surface area contributed by atoms with E-state index in [-0.39, 0.29) is 16.7 Å². The van der Waals surface area contributed by atoms with Gasteiger partial charge in [-0.2, -0.15) is 8.42 Å². The summed E-state index contributed by atoms with van der Waals surface area (Å²) in [6.45, 7) is 11.1. The zero-order valence-electron chi connectivity index (χ0n) is 26.1. The second-order valence-corrected chi connectivity index (χ2v) is 14.4. The van der Waals surface area contributed by atoms with Crippen LogP contribution in [0.25, 0.3) is 17.4 Å². The number of allylic oxidation sites excluding steroid dienone is 3. The monoisotopic (exact) mass is 607 g/mol. The normalized spacial score (nSPS) is 15.9. The lowest BCUT2D eigenvalue weighted by atomic mass is 9.83. The molecule has 0 unspecified atom stereocenters. The number of carbonyl (C=O) groups is 1. The van der Waals surface area contributed by atoms with Gasteiger partial charge >= 0.3 is 5.97 Å². The van der Waals surface area contributed by atoms with Crippen molar-refractivity contribution in [1.82, 2.24) is 4.58 Å². The zero-order chi connectivity index (χ0) is 31.7. The predicted molar refractivity (Wildman–Crippen MR) is 171 cm³/mol. The molecule has 0 saturated carbocycles. The minimum atomic E-state index is -4.36. The quantitative estimate of drug-likeness (QED) is 0.167. The van der Waals surface area contributed by atoms with Gasteiger partial charge in [-0.25, -0.2) is 4.58 Å². The molecule has 0 atom stereocenters. The number of nitrogens with zero attached hydrogens (tertiary/aromatic N) is 2. The lowest BCUT2D eigenvalue weighted by Gasteiger charge is -2.27. The van der Waals surface area contributed by atoms with E-state index in [0.717, 1.165) is 57.8 Å². The zero-order valence-corrected chi connectivity index (χ0v) is 27.0. The van der Waals surface area contributed by atoms with Crippen LogP contribution in [0.15, 0.2) is 69.6 Å². The predicted octanol–water partition coefficient (Wildman–Crippen LogP) is 6.30. The summed E-state index contributed by atoms with van der Waals surface area (Å²) in [6, 6.07) is 13.0. The van der Waals surface area contributed by atoms with Gasteiger partial charge < -0.3 is 14.4 Å². The van der Waals surface area contributed by atoms with Gasteiger partial charge in [0.05, 0.1) is 11.0 Å². The molecule has 4 rings (SSSR count). The van der Waals surface area contributed by atoms with Crippen LogP contribution in [-0.4, -0.2) is 44.7 Å². The average molecular weight is 608 g/mol. The van der Waals surface area contributed by atoms with Gasteiger partial charge in [-0.3, -0.25) is 9.35 Å². The lowest BCUT2D eigenvalue weighted by Crippen LogP contribution is -2.27. The number of hydrogen-bond acceptors (Lipinski definition) is 5. The van der Waals surface area contributed by atoms with E-state index < -0.39 is 21.5 Å². The molecule has 0 fully saturated rings. The Hall–Kier alpha value is -3.69. The topological polar surface area (TPSA) is 111 Å². The Morgan fingerprint density at radius 3 is 2.40 bits per heavy atom. The van der Waals surface area contributed by atoms with Crippen molar-refractivity contribution in [3.05, 3.63) is 82.6 Å². The SMILES string of the molecule is C[N+](C)=c1ccc2c(/C=C/C=C3\N(CCCCCC(=O)O)c4ccc(S(=O)(=O)O)cc4C3(C)C)cc(C(C)(C)C)oc-2c1. The van der Waals surface area contributed by atoms with Gasteiger partial charge in [0.1, 0.15) is 25.6 Å². The summed E-state index contributed by atoms with van der Waals surface area (Å²) in [7, 11) is -0.360. The summed E-state index contributed by atoms with van der Waals surface area (Å²) in [5.41, 5.74) is 3.95. The maximum absolute atomic E-state index is 12.0. The smallest absolute Gasteiger partial charge is 0.303 e. The van der Waals surface area contributed by atoms with E-state index in [1.54, 1.807) is 12.1 Å². The van der Waals surface area contributed by atoms with Gasteiger partial charge in [0.15, 0.2) is 0 Å². The summed E-state index contributed by atoms with van der Waals surface area (Å²) in [5.74, 6) is 0.878. The van der Waals surface area contributed by atoms with Crippen molar-refractivity contribution >= 4 is 27.9 Å². The largest absolute Gasteiger partial charge is 0.481 e. The van der Waals surface area contributed by atoms with Gasteiger partial charge in [0, 0.05) is 46.8 Å². The number of carboxylic acids is 1. The first-order chi connectivity index (χ1) is 20.0. The highest BCUT2D eigenvalue weighted by Gasteiger charge is 2.40. The number of carboxylic acid groups (broad SMARTS) is 1. The number of benzene rings is 2. The Morgan fingerprint density at radius 1 is 1.05 bits per heavy atom. The molecule has 2 N–H and O–H groups in total. The number of unbranched alkanes of at least 4 members (excludes halogenated alkanes) is 2. The molecule has 2 aliphatic heterocycles. The maximum Gasteiger partial charge on any atom is 0.303 e. The van der Waals surface area contributed by atoms with E-state index in [1.807, 2.05) is 38.6 Å². The highest BCUT2D eigenvalue weighted by Crippen LogP contribution is 2.48. The molecule has 2 heterocycles. The van der Waals surface area contributed by atoms with Crippen molar-refractivity contribution in [2.24, 2.45) is 0 Å². The Kier molecular flexibility index (Phi) is 9.09. The maximum atomic E-state index is 12.0. The van der Waals surface area contributed by atoms with E-state index >= 15 is 0 Å². The van der Waals surface area contributed by atoms with Crippen LogP contribution in [0.5, 0.6) is 0 Å². The minimum absolute atomic E-state index is 0.134. The van der Waals surface area contributed by atoms with Crippen molar-refractivity contribution in [3.8, 4) is 11.3 Å². The summed E-state index contributed by atoms with van der Waals surface area (Å²) >= 11 is 0. The van der Waals surface area contributed by atoms with Crippen LogP contribution in [0.2, 0.25) is 0 Å². The Labute approximate surface area is 254 Å². The van der Waals surface area contributed by atoms with Crippen molar-refractivity contribution in [2.75, 3.05) is 25.5 Å². The molecule has 0 saturated heterocycles. The van der Waals surface area contributed by atoms with Crippen LogP contribution in [-0.2, 0) is 25.7 Å². The number of rotatable bonds is 9. The third kappa shape index (κ3) is 7.11. The fraction of sp³-hybridized carbons (Fsp3) is 0.412. The van der Waals surface area contributed by atoms with Gasteiger partial charge in [-0.15, -0.1) is 0 Å². The first-order valence-corrected chi connectivity index (χ1v) is 16.0. The molecule has 1 aromatic rings. The molecular weight excluding hydrogens is 564 g/mol. The van der Waals surface area contributed by atoms with Crippen molar-refractivity contribution < 1.29 is 27.3 Å². The van der Waals surface area contributed by atoms with Crippen LogP contribution in [0.4, 0.5) is 5.69 Å². The summed E-state index contributed by atoms with van der Waals surface area (Å²) < 4.78 is 42.0. The third-order valence-corrected chi connectivity index (χ3v) is 8.85. The van der Waals surface area contributed by atoms with Crippen molar-refractivity contribution in [2.45, 2.75) is 76.0 Å². The summed E-state index contributed by atoms with van der Waals surface area (Å²) in [4.78, 5) is 13.0. The van der Waals surface area contributed by atoms with Crippen LogP contribution >= 0.6 is 0 Å². The molecule has 0 radical (unpaired) electrons. The van der Waals surface area contributed by atoms with Gasteiger partial charge in [-0.05, 0) is 60.4 Å². The van der Waals surface area contributed by atoms with E-state index in [9.17, 15) is 17.8 Å². The molecule has 43 heavy (non-hydrogen) atoms. The molecule has 1 aliphatic carbocycles. The van der Waals surface area contributed by atoms with E-state index in [0.29, 0.717) is 13.0 Å². The van der Waals surface area contributed by atoms with Gasteiger partial charge in [0.2, 0.25) is 5.36 Å². The average Bonchev–Trinajstić information content (AvgIpc) is 3.12. The molecule has 0 amide bonds. The van der Waals surface area contributed by atoms with Gasteiger partial charge in [-0.1, -0.05) is 53.2 Å². The van der Waals surface area contributed by atoms with Crippen LogP contribution < -0.4 is 14.8 Å². The standard InChI is InChI=1S/C34H42N2O6S/c1-33(2,3)31-20-23(26-17-15-24(35(6)7)21-29(26)42-31)12-11-13-30-34(4,5)27-22-25(43(39,40)41)16-18-28(27)36(30)19-10-8-9-14-32(37)38/h11-13,15-18,20-22H,8-10,14,19H2,1-7H3,(H-,37,38,39,40,41)/p+1. The van der Waals surface area contributed by atoms with Crippen molar-refractivity contribution in [1.29, 1.82) is 0 Å². The number of hydrogen-bond donors (Lipinski definition) is 2. The molecule has 0 bridgehead atoms. The first-order valence-electron chi connectivity index (χ1n) is 14.6. The fourth-order valence-electron chi connectivity index (χ4n) is 5.51. The summed E-state index contributed by atoms with van der Waals surface area (Å²) in [6.07, 6.45) is 8.42. The Bertz CT molecular complexity index is 1730. The van der Waals surface area contributed by atoms with E-state index in [1.165, 1.54) is 6.07 Å². The fourth-order valence-corrected chi connectivity index (χ4v) is 6.02. The molecular formula is C34H43N2O6S+. The number of fused-ring (bicyclic) bond motifs is 2. The van der Waals surface area contributed by atoms with Gasteiger partial charge in [0.25, 0.3) is 10.1 Å². The molecule has 9 heteroatoms. The summed E-state index contributed by atoms with van der Waals surface area (Å²) in [5, 5.41) is 10.1. The first kappa shape index (κ1) is 32.2. The lowest BCUT2D eigenvalue weighted by molar-refractivity contribution is -0.137. The molecule has 0 aromatic heterocycles. The Balaban J connectivity index is 1.77. The second kappa shape index (κ2) is 12.1. The van der Waals surface area contributed by atoms with Crippen LogP contribution in [0, 0.1) is 0 Å². The second-order valence-electron chi connectivity index (χ2n) is 12.9. The third-order valence-electron chi connectivity index (χ3n) is 8.00. The number of aliphatic carboxylic acids is 1. The molecule has 3 aliphatic rings. The number of anilines is 1. The molecule has 1 aromatic carbocycles. The molecule has 230 valence electrons. The highest BCUT2D eigenvalue weighted by molar-refractivity contribution is 7.85. The Morgan fingerprint density at radius 2 is 1.77 bits per heavy atom. The van der Waals surface area contributed by atoms with E-state index in [4.69, 9.17) is 9.52 Å². The van der Waals surface area contributed by atoms with Crippen LogP contribution in [0.3, 0.4) is 0 Å². The highest BCUT2D eigenvalue weighted by atomic mass is 32.2.